The van der Waals surface area contributed by atoms with Crippen LogP contribution in [0.3, 0.4) is 0 Å². The number of urea groups is 1. The van der Waals surface area contributed by atoms with E-state index < -0.39 is 0 Å². The zero-order valence-electron chi connectivity index (χ0n) is 15.1. The van der Waals surface area contributed by atoms with E-state index in [1.807, 2.05) is 11.2 Å². The molecular weight excluding hydrogens is 382 g/mol. The number of thioether (sulfide) groups is 1. The monoisotopic (exact) mass is 403 g/mol. The van der Waals surface area contributed by atoms with E-state index in [4.69, 9.17) is 11.6 Å². The van der Waals surface area contributed by atoms with Gasteiger partial charge in [0.15, 0.2) is 0 Å². The summed E-state index contributed by atoms with van der Waals surface area (Å²) in [6.07, 6.45) is 2.50. The van der Waals surface area contributed by atoms with Gasteiger partial charge in [-0.2, -0.15) is 0 Å². The van der Waals surface area contributed by atoms with Gasteiger partial charge in [-0.25, -0.2) is 4.79 Å². The number of carbonyl (C=O) groups is 2. The Kier molecular flexibility index (Phi) is 6.63. The van der Waals surface area contributed by atoms with Crippen molar-refractivity contribution in [2.45, 2.75) is 17.9 Å². The second-order valence-corrected chi connectivity index (χ2v) is 7.85. The summed E-state index contributed by atoms with van der Waals surface area (Å²) in [7, 11) is 0. The lowest BCUT2D eigenvalue weighted by atomic mass is 10.1. The van der Waals surface area contributed by atoms with E-state index in [2.05, 4.69) is 34.9 Å². The highest BCUT2D eigenvalue weighted by atomic mass is 35.5. The molecule has 3 amide bonds. The van der Waals surface area contributed by atoms with Gasteiger partial charge in [0, 0.05) is 47.6 Å². The van der Waals surface area contributed by atoms with Crippen molar-refractivity contribution in [2.75, 3.05) is 24.7 Å². The smallest absolute Gasteiger partial charge is 0.319 e. The third-order valence-electron chi connectivity index (χ3n) is 4.48. The molecule has 1 aliphatic heterocycles. The molecule has 1 fully saturated rings. The second-order valence-electron chi connectivity index (χ2n) is 6.53. The first-order valence-electron chi connectivity index (χ1n) is 8.74. The molecule has 2 N–H and O–H groups in total. The van der Waals surface area contributed by atoms with Crippen LogP contribution in [0.25, 0.3) is 0 Å². The number of carbonyl (C=O) groups excluding carboxylic acids is 2. The van der Waals surface area contributed by atoms with Crippen LogP contribution in [0, 0.1) is 5.92 Å². The Hall–Kier alpha value is -2.18. The average molecular weight is 404 g/mol. The third kappa shape index (κ3) is 5.65. The molecule has 5 nitrogen and oxygen atoms in total. The summed E-state index contributed by atoms with van der Waals surface area (Å²) in [4.78, 5) is 27.3. The SMILES string of the molecule is CSc1ccc(CN2CC(CNC(=O)Nc3ccc(Cl)cc3)CC2=O)cc1. The fraction of sp³-hybridized carbons (Fsp3) is 0.300. The molecule has 2 aromatic carbocycles. The molecule has 0 bridgehead atoms. The number of hydrogen-bond acceptors (Lipinski definition) is 3. The Morgan fingerprint density at radius 1 is 1.19 bits per heavy atom. The molecule has 1 heterocycles. The van der Waals surface area contributed by atoms with Gasteiger partial charge in [-0.05, 0) is 48.2 Å². The molecule has 7 heteroatoms. The number of nitrogens with zero attached hydrogens (tertiary/aromatic N) is 1. The van der Waals surface area contributed by atoms with Crippen molar-refractivity contribution in [3.05, 3.63) is 59.1 Å². The molecule has 3 rings (SSSR count). The lowest BCUT2D eigenvalue weighted by Crippen LogP contribution is -2.34. The van der Waals surface area contributed by atoms with Crippen LogP contribution in [0.4, 0.5) is 10.5 Å². The summed E-state index contributed by atoms with van der Waals surface area (Å²) in [6.45, 7) is 1.73. The molecule has 142 valence electrons. The Labute approximate surface area is 168 Å². The van der Waals surface area contributed by atoms with Gasteiger partial charge in [-0.1, -0.05) is 23.7 Å². The van der Waals surface area contributed by atoms with E-state index in [0.717, 1.165) is 5.56 Å². The van der Waals surface area contributed by atoms with Crippen molar-refractivity contribution in [2.24, 2.45) is 5.92 Å². The van der Waals surface area contributed by atoms with E-state index >= 15 is 0 Å². The van der Waals surface area contributed by atoms with Gasteiger partial charge in [-0.15, -0.1) is 11.8 Å². The van der Waals surface area contributed by atoms with Gasteiger partial charge in [0.05, 0.1) is 0 Å². The molecule has 0 spiro atoms. The maximum Gasteiger partial charge on any atom is 0.319 e. The minimum Gasteiger partial charge on any atom is -0.338 e. The first-order chi connectivity index (χ1) is 13.0. The van der Waals surface area contributed by atoms with Crippen LogP contribution in [-0.2, 0) is 11.3 Å². The number of rotatable bonds is 6. The van der Waals surface area contributed by atoms with Crippen molar-refractivity contribution in [3.8, 4) is 0 Å². The number of anilines is 1. The third-order valence-corrected chi connectivity index (χ3v) is 5.48. The highest BCUT2D eigenvalue weighted by Crippen LogP contribution is 2.21. The summed E-state index contributed by atoms with van der Waals surface area (Å²) in [5.41, 5.74) is 1.80. The van der Waals surface area contributed by atoms with Crippen LogP contribution in [0.5, 0.6) is 0 Å². The highest BCUT2D eigenvalue weighted by Gasteiger charge is 2.29. The zero-order valence-corrected chi connectivity index (χ0v) is 16.6. The number of halogens is 1. The standard InChI is InChI=1S/C20H22ClN3O2S/c1-27-18-8-2-14(3-9-18)12-24-13-15(10-19(24)25)11-22-20(26)23-17-6-4-16(21)5-7-17/h2-9,15H,10-13H2,1H3,(H2,22,23,26). The number of likely N-dealkylation sites (tertiary alicyclic amines) is 1. The molecule has 1 aliphatic rings. The molecule has 0 radical (unpaired) electrons. The van der Waals surface area contributed by atoms with Gasteiger partial charge >= 0.3 is 6.03 Å². The predicted molar refractivity (Wildman–Crippen MR) is 110 cm³/mol. The van der Waals surface area contributed by atoms with E-state index in [-0.39, 0.29) is 17.9 Å². The van der Waals surface area contributed by atoms with E-state index in [9.17, 15) is 9.59 Å². The normalized spacial score (nSPS) is 16.4. The molecule has 2 aromatic rings. The van der Waals surface area contributed by atoms with Crippen LogP contribution >= 0.6 is 23.4 Å². The number of nitrogens with one attached hydrogen (secondary N) is 2. The van der Waals surface area contributed by atoms with Crippen LogP contribution < -0.4 is 10.6 Å². The van der Waals surface area contributed by atoms with Crippen LogP contribution in [0.15, 0.2) is 53.4 Å². The summed E-state index contributed by atoms with van der Waals surface area (Å²) in [5.74, 6) is 0.257. The summed E-state index contributed by atoms with van der Waals surface area (Å²) in [5, 5.41) is 6.22. The van der Waals surface area contributed by atoms with Gasteiger partial charge < -0.3 is 15.5 Å². The average Bonchev–Trinajstić information content (AvgIpc) is 3.02. The largest absolute Gasteiger partial charge is 0.338 e. The molecule has 0 aromatic heterocycles. The molecule has 1 atom stereocenters. The molecule has 0 saturated carbocycles. The Balaban J connectivity index is 1.45. The molecule has 0 aliphatic carbocycles. The van der Waals surface area contributed by atoms with Gasteiger partial charge in [0.1, 0.15) is 0 Å². The van der Waals surface area contributed by atoms with Gasteiger partial charge in [-0.3, -0.25) is 4.79 Å². The van der Waals surface area contributed by atoms with Crippen LogP contribution in [0.2, 0.25) is 5.02 Å². The first kappa shape index (κ1) is 19.6. The van der Waals surface area contributed by atoms with Crippen LogP contribution in [-0.4, -0.2) is 36.2 Å². The van der Waals surface area contributed by atoms with Crippen molar-refractivity contribution in [1.82, 2.24) is 10.2 Å². The van der Waals surface area contributed by atoms with Crippen molar-refractivity contribution >= 4 is 41.0 Å². The Morgan fingerprint density at radius 2 is 1.89 bits per heavy atom. The van der Waals surface area contributed by atoms with Crippen molar-refractivity contribution in [3.63, 3.8) is 0 Å². The Morgan fingerprint density at radius 3 is 2.56 bits per heavy atom. The molecule has 1 saturated heterocycles. The molecule has 27 heavy (non-hydrogen) atoms. The van der Waals surface area contributed by atoms with Crippen molar-refractivity contribution < 1.29 is 9.59 Å². The summed E-state index contributed by atoms with van der Waals surface area (Å²) < 4.78 is 0. The zero-order chi connectivity index (χ0) is 19.2. The number of benzene rings is 2. The maximum atomic E-state index is 12.3. The topological polar surface area (TPSA) is 61.4 Å². The van der Waals surface area contributed by atoms with Gasteiger partial charge in [0.2, 0.25) is 5.91 Å². The van der Waals surface area contributed by atoms with Gasteiger partial charge in [0.25, 0.3) is 0 Å². The van der Waals surface area contributed by atoms with Crippen molar-refractivity contribution in [1.29, 1.82) is 0 Å². The maximum absolute atomic E-state index is 12.3. The predicted octanol–water partition coefficient (Wildman–Crippen LogP) is 4.23. The number of amides is 3. The van der Waals surface area contributed by atoms with E-state index in [0.29, 0.717) is 36.8 Å². The molecule has 1 unspecified atom stereocenters. The summed E-state index contributed by atoms with van der Waals surface area (Å²) in [6, 6.07) is 14.9. The van der Waals surface area contributed by atoms with E-state index in [1.165, 1.54) is 4.90 Å². The fourth-order valence-corrected chi connectivity index (χ4v) is 3.57. The summed E-state index contributed by atoms with van der Waals surface area (Å²) >= 11 is 7.53. The highest BCUT2D eigenvalue weighted by molar-refractivity contribution is 7.98. The molecular formula is C20H22ClN3O2S. The Bertz CT molecular complexity index is 796. The van der Waals surface area contributed by atoms with E-state index in [1.54, 1.807) is 36.0 Å². The quantitative estimate of drug-likeness (QED) is 0.709. The lowest BCUT2D eigenvalue weighted by Gasteiger charge is -2.17. The minimum atomic E-state index is -0.282. The number of hydrogen-bond donors (Lipinski definition) is 2. The lowest BCUT2D eigenvalue weighted by molar-refractivity contribution is -0.128. The van der Waals surface area contributed by atoms with Crippen LogP contribution in [0.1, 0.15) is 12.0 Å². The second kappa shape index (κ2) is 9.15. The fourth-order valence-electron chi connectivity index (χ4n) is 3.04. The minimum absolute atomic E-state index is 0.124. The first-order valence-corrected chi connectivity index (χ1v) is 10.3.